The molecule has 1 aromatic heterocycles. The first-order chi connectivity index (χ1) is 8.93. The third-order valence-corrected chi connectivity index (χ3v) is 3.23. The largest absolute Gasteiger partial charge is 0.478 e. The van der Waals surface area contributed by atoms with Crippen LogP contribution in [0.25, 0.3) is 0 Å². The van der Waals surface area contributed by atoms with E-state index in [1.165, 1.54) is 0 Å². The molecule has 1 heterocycles. The monoisotopic (exact) mass is 265 g/mol. The average Bonchev–Trinajstić information content (AvgIpc) is 2.33. The molecular weight excluding hydrogens is 242 g/mol. The molecule has 0 aliphatic heterocycles. The average molecular weight is 265 g/mol. The van der Waals surface area contributed by atoms with Gasteiger partial charge in [0.05, 0.1) is 0 Å². The number of carboxylic acids is 1. The van der Waals surface area contributed by atoms with E-state index in [0.717, 1.165) is 18.5 Å². The molecular formula is C14H23N3O2. The molecule has 0 saturated heterocycles. The first-order valence-electron chi connectivity index (χ1n) is 6.56. The Morgan fingerprint density at radius 3 is 2.79 bits per heavy atom. The van der Waals surface area contributed by atoms with Gasteiger partial charge in [-0.05, 0) is 52.4 Å². The molecule has 5 heteroatoms. The van der Waals surface area contributed by atoms with Crippen LogP contribution in [0.1, 0.15) is 36.2 Å². The zero-order valence-electron chi connectivity index (χ0n) is 12.1. The Labute approximate surface area is 114 Å². The van der Waals surface area contributed by atoms with Crippen LogP contribution < -0.4 is 5.32 Å². The molecule has 0 unspecified atom stereocenters. The van der Waals surface area contributed by atoms with E-state index in [4.69, 9.17) is 0 Å². The molecule has 0 saturated carbocycles. The van der Waals surface area contributed by atoms with Crippen LogP contribution in [0.2, 0.25) is 0 Å². The molecule has 0 atom stereocenters. The maximum atomic E-state index is 11.2. The van der Waals surface area contributed by atoms with Crippen LogP contribution in [-0.2, 0) is 0 Å². The molecule has 5 nitrogen and oxygen atoms in total. The molecule has 0 aliphatic carbocycles. The predicted octanol–water partition coefficient (Wildman–Crippen LogP) is 2.23. The van der Waals surface area contributed by atoms with Gasteiger partial charge in [-0.2, -0.15) is 0 Å². The number of anilines is 1. The van der Waals surface area contributed by atoms with Gasteiger partial charge in [0.2, 0.25) is 0 Å². The molecule has 0 bridgehead atoms. The fourth-order valence-corrected chi connectivity index (χ4v) is 1.76. The Hall–Kier alpha value is -1.62. The van der Waals surface area contributed by atoms with Gasteiger partial charge in [-0.25, -0.2) is 9.78 Å². The summed E-state index contributed by atoms with van der Waals surface area (Å²) in [5.41, 5.74) is 0.990. The minimum Gasteiger partial charge on any atom is -0.478 e. The van der Waals surface area contributed by atoms with E-state index in [0.29, 0.717) is 18.4 Å². The molecule has 2 N–H and O–H groups in total. The van der Waals surface area contributed by atoms with Crippen molar-refractivity contribution in [2.75, 3.05) is 25.5 Å². The van der Waals surface area contributed by atoms with Crippen LogP contribution in [0.5, 0.6) is 0 Å². The zero-order valence-corrected chi connectivity index (χ0v) is 12.1. The van der Waals surface area contributed by atoms with Crippen molar-refractivity contribution in [1.29, 1.82) is 0 Å². The lowest BCUT2D eigenvalue weighted by atomic mass is 10.1. The van der Waals surface area contributed by atoms with Gasteiger partial charge < -0.3 is 15.3 Å². The fraction of sp³-hybridized carbons (Fsp3) is 0.571. The van der Waals surface area contributed by atoms with Crippen molar-refractivity contribution in [3.63, 3.8) is 0 Å². The van der Waals surface area contributed by atoms with Crippen molar-refractivity contribution in [3.8, 4) is 0 Å². The van der Waals surface area contributed by atoms with Crippen molar-refractivity contribution in [2.24, 2.45) is 0 Å². The third kappa shape index (κ3) is 4.52. The number of aryl methyl sites for hydroxylation is 1. The Morgan fingerprint density at radius 2 is 2.21 bits per heavy atom. The van der Waals surface area contributed by atoms with Crippen molar-refractivity contribution in [3.05, 3.63) is 23.4 Å². The molecule has 0 radical (unpaired) electrons. The van der Waals surface area contributed by atoms with Crippen LogP contribution >= 0.6 is 0 Å². The molecule has 0 amide bonds. The van der Waals surface area contributed by atoms with Gasteiger partial charge in [0.1, 0.15) is 11.4 Å². The summed E-state index contributed by atoms with van der Waals surface area (Å²) in [4.78, 5) is 17.5. The van der Waals surface area contributed by atoms with E-state index in [2.05, 4.69) is 36.1 Å². The molecule has 0 spiro atoms. The third-order valence-electron chi connectivity index (χ3n) is 3.23. The normalized spacial score (nSPS) is 11.1. The maximum absolute atomic E-state index is 11.2. The van der Waals surface area contributed by atoms with Gasteiger partial charge in [0.15, 0.2) is 0 Å². The first kappa shape index (κ1) is 15.4. The second-order valence-corrected chi connectivity index (χ2v) is 5.01. The van der Waals surface area contributed by atoms with Crippen LogP contribution in [0.15, 0.2) is 12.3 Å². The van der Waals surface area contributed by atoms with E-state index >= 15 is 0 Å². The van der Waals surface area contributed by atoms with E-state index in [1.807, 2.05) is 0 Å². The van der Waals surface area contributed by atoms with Crippen molar-refractivity contribution >= 4 is 11.8 Å². The van der Waals surface area contributed by atoms with E-state index < -0.39 is 5.97 Å². The minimum atomic E-state index is -0.938. The molecule has 0 aromatic carbocycles. The topological polar surface area (TPSA) is 65.5 Å². The number of nitrogens with zero attached hydrogens (tertiary/aromatic N) is 2. The quantitative estimate of drug-likeness (QED) is 0.740. The second-order valence-electron chi connectivity index (χ2n) is 5.01. The Bertz CT molecular complexity index is 433. The lowest BCUT2D eigenvalue weighted by Crippen LogP contribution is -2.28. The van der Waals surface area contributed by atoms with Crippen LogP contribution in [0.3, 0.4) is 0 Å². The molecule has 0 fully saturated rings. The number of rotatable bonds is 7. The number of hydrogen-bond acceptors (Lipinski definition) is 4. The Kier molecular flexibility index (Phi) is 5.76. The number of carboxylic acid groups (broad SMARTS) is 1. The number of hydrogen-bond donors (Lipinski definition) is 2. The van der Waals surface area contributed by atoms with Gasteiger partial charge in [0, 0.05) is 18.8 Å². The first-order valence-corrected chi connectivity index (χ1v) is 6.56. The van der Waals surface area contributed by atoms with Crippen molar-refractivity contribution in [1.82, 2.24) is 9.88 Å². The highest BCUT2D eigenvalue weighted by molar-refractivity contribution is 5.94. The van der Waals surface area contributed by atoms with Crippen LogP contribution in [0.4, 0.5) is 5.82 Å². The summed E-state index contributed by atoms with van der Waals surface area (Å²) in [7, 11) is 2.08. The highest BCUT2D eigenvalue weighted by Crippen LogP contribution is 2.16. The van der Waals surface area contributed by atoms with Crippen molar-refractivity contribution < 1.29 is 9.90 Å². The highest BCUT2D eigenvalue weighted by Gasteiger charge is 2.13. The number of nitrogens with one attached hydrogen (secondary N) is 1. The summed E-state index contributed by atoms with van der Waals surface area (Å²) in [5, 5.41) is 12.3. The minimum absolute atomic E-state index is 0.264. The Balaban J connectivity index is 2.54. The maximum Gasteiger partial charge on any atom is 0.339 e. The fourth-order valence-electron chi connectivity index (χ4n) is 1.76. The van der Waals surface area contributed by atoms with Gasteiger partial charge in [-0.1, -0.05) is 0 Å². The summed E-state index contributed by atoms with van der Waals surface area (Å²) in [6.45, 7) is 7.77. The summed E-state index contributed by atoms with van der Waals surface area (Å²) < 4.78 is 0. The smallest absolute Gasteiger partial charge is 0.339 e. The van der Waals surface area contributed by atoms with Crippen LogP contribution in [0, 0.1) is 6.92 Å². The SMILES string of the molecule is Cc1ccnc(NCCCN(C)C(C)C)c1C(=O)O. The standard InChI is InChI=1S/C14H23N3O2/c1-10(2)17(4)9-5-7-15-13-12(14(18)19)11(3)6-8-16-13/h6,8,10H,5,7,9H2,1-4H3,(H,15,16)(H,18,19). The lowest BCUT2D eigenvalue weighted by Gasteiger charge is -2.21. The number of pyridine rings is 1. The van der Waals surface area contributed by atoms with Gasteiger partial charge in [0.25, 0.3) is 0 Å². The summed E-state index contributed by atoms with van der Waals surface area (Å²) in [6, 6.07) is 2.23. The van der Waals surface area contributed by atoms with E-state index in [9.17, 15) is 9.90 Å². The van der Waals surface area contributed by atoms with E-state index in [-0.39, 0.29) is 5.56 Å². The number of aromatic nitrogens is 1. The molecule has 19 heavy (non-hydrogen) atoms. The summed E-state index contributed by atoms with van der Waals surface area (Å²) in [5.74, 6) is -0.480. The molecule has 106 valence electrons. The van der Waals surface area contributed by atoms with Gasteiger partial charge >= 0.3 is 5.97 Å². The molecule has 0 aliphatic rings. The van der Waals surface area contributed by atoms with Gasteiger partial charge in [-0.3, -0.25) is 0 Å². The molecule has 1 rings (SSSR count). The van der Waals surface area contributed by atoms with Gasteiger partial charge in [-0.15, -0.1) is 0 Å². The summed E-state index contributed by atoms with van der Waals surface area (Å²) in [6.07, 6.45) is 2.58. The Morgan fingerprint density at radius 1 is 1.53 bits per heavy atom. The number of carbonyl (C=O) groups is 1. The predicted molar refractivity (Wildman–Crippen MR) is 76.8 cm³/mol. The zero-order chi connectivity index (χ0) is 14.4. The molecule has 1 aromatic rings. The van der Waals surface area contributed by atoms with E-state index in [1.54, 1.807) is 19.2 Å². The van der Waals surface area contributed by atoms with Crippen molar-refractivity contribution in [2.45, 2.75) is 33.2 Å². The summed E-state index contributed by atoms with van der Waals surface area (Å²) >= 11 is 0. The van der Waals surface area contributed by atoms with Crippen LogP contribution in [-0.4, -0.2) is 47.1 Å². The lowest BCUT2D eigenvalue weighted by molar-refractivity contribution is 0.0697. The highest BCUT2D eigenvalue weighted by atomic mass is 16.4. The second kappa shape index (κ2) is 7.09. The number of aromatic carboxylic acids is 1.